The molecule has 1 aliphatic rings. The molecule has 5 nitrogen and oxygen atoms in total. The summed E-state index contributed by atoms with van der Waals surface area (Å²) in [6.07, 6.45) is -0.134. The molecular formula is C10H15N3O2. The van der Waals surface area contributed by atoms with Crippen molar-refractivity contribution in [1.29, 1.82) is 0 Å². The highest BCUT2D eigenvalue weighted by Crippen LogP contribution is 2.18. The Balaban J connectivity index is 2.22. The summed E-state index contributed by atoms with van der Waals surface area (Å²) >= 11 is 0. The highest BCUT2D eigenvalue weighted by Gasteiger charge is 2.20. The van der Waals surface area contributed by atoms with Crippen LogP contribution in [0.2, 0.25) is 0 Å². The lowest BCUT2D eigenvalue weighted by Gasteiger charge is -2.22. The minimum absolute atomic E-state index is 0.134. The first-order valence-electron chi connectivity index (χ1n) is 5.02. The fraction of sp³-hybridized carbons (Fsp3) is 0.600. The van der Waals surface area contributed by atoms with Gasteiger partial charge in [0, 0.05) is 18.8 Å². The van der Waals surface area contributed by atoms with Crippen LogP contribution in [0.15, 0.2) is 6.07 Å². The van der Waals surface area contributed by atoms with Gasteiger partial charge < -0.3 is 14.8 Å². The van der Waals surface area contributed by atoms with Crippen molar-refractivity contribution in [3.8, 4) is 0 Å². The van der Waals surface area contributed by atoms with E-state index in [1.54, 1.807) is 0 Å². The van der Waals surface area contributed by atoms with Crippen LogP contribution in [-0.4, -0.2) is 36.8 Å². The highest BCUT2D eigenvalue weighted by molar-refractivity contribution is 5.35. The van der Waals surface area contributed by atoms with E-state index in [4.69, 9.17) is 9.47 Å². The molecule has 15 heavy (non-hydrogen) atoms. The predicted octanol–water partition coefficient (Wildman–Crippen LogP) is 0.915. The van der Waals surface area contributed by atoms with Gasteiger partial charge in [0.05, 0.1) is 19.8 Å². The van der Waals surface area contributed by atoms with Crippen molar-refractivity contribution in [3.63, 3.8) is 0 Å². The number of anilines is 1. The monoisotopic (exact) mass is 209 g/mol. The third-order valence-electron chi connectivity index (χ3n) is 2.23. The second-order valence-corrected chi connectivity index (χ2v) is 3.44. The van der Waals surface area contributed by atoms with Crippen LogP contribution in [-0.2, 0) is 9.47 Å². The molecule has 0 bridgehead atoms. The maximum absolute atomic E-state index is 5.54. The average molecular weight is 209 g/mol. The third-order valence-corrected chi connectivity index (χ3v) is 2.23. The Hall–Kier alpha value is -1.20. The molecule has 1 aliphatic heterocycles. The molecular weight excluding hydrogens is 194 g/mol. The number of rotatable bonds is 2. The Kier molecular flexibility index (Phi) is 3.13. The molecule has 5 heteroatoms. The molecule has 1 aromatic heterocycles. The third kappa shape index (κ3) is 2.43. The van der Waals surface area contributed by atoms with Gasteiger partial charge in [-0.15, -0.1) is 0 Å². The maximum Gasteiger partial charge on any atom is 0.162 e. The van der Waals surface area contributed by atoms with Gasteiger partial charge >= 0.3 is 0 Å². The molecule has 0 radical (unpaired) electrons. The molecule has 0 aliphatic carbocycles. The summed E-state index contributed by atoms with van der Waals surface area (Å²) in [4.78, 5) is 8.70. The SMILES string of the molecule is CNc1cc(C)nc(C2COCCO2)n1. The number of ether oxygens (including phenoxy) is 2. The molecule has 1 unspecified atom stereocenters. The smallest absolute Gasteiger partial charge is 0.162 e. The molecule has 82 valence electrons. The molecule has 2 rings (SSSR count). The van der Waals surface area contributed by atoms with Crippen LogP contribution in [0.3, 0.4) is 0 Å². The zero-order chi connectivity index (χ0) is 10.7. The van der Waals surface area contributed by atoms with Crippen molar-refractivity contribution >= 4 is 5.82 Å². The van der Waals surface area contributed by atoms with Crippen LogP contribution in [0.5, 0.6) is 0 Å². The van der Waals surface area contributed by atoms with Crippen molar-refractivity contribution in [3.05, 3.63) is 17.6 Å². The molecule has 2 heterocycles. The zero-order valence-electron chi connectivity index (χ0n) is 8.99. The van der Waals surface area contributed by atoms with Crippen LogP contribution >= 0.6 is 0 Å². The molecule has 1 N–H and O–H groups in total. The first kappa shape index (κ1) is 10.3. The van der Waals surface area contributed by atoms with Gasteiger partial charge in [-0.05, 0) is 6.92 Å². The van der Waals surface area contributed by atoms with Crippen molar-refractivity contribution in [2.45, 2.75) is 13.0 Å². The van der Waals surface area contributed by atoms with Gasteiger partial charge in [0.15, 0.2) is 5.82 Å². The minimum atomic E-state index is -0.134. The van der Waals surface area contributed by atoms with Gasteiger partial charge in [-0.2, -0.15) is 0 Å². The number of nitrogens with zero attached hydrogens (tertiary/aromatic N) is 2. The van der Waals surface area contributed by atoms with E-state index >= 15 is 0 Å². The molecule has 1 atom stereocenters. The quantitative estimate of drug-likeness (QED) is 0.784. The van der Waals surface area contributed by atoms with Gasteiger partial charge in [0.2, 0.25) is 0 Å². The van der Waals surface area contributed by atoms with Gasteiger partial charge in [-0.3, -0.25) is 0 Å². The Labute approximate surface area is 88.8 Å². The van der Waals surface area contributed by atoms with E-state index < -0.39 is 0 Å². The van der Waals surface area contributed by atoms with Gasteiger partial charge in [-0.1, -0.05) is 0 Å². The lowest BCUT2D eigenvalue weighted by atomic mass is 10.3. The molecule has 0 spiro atoms. The average Bonchev–Trinajstić information content (AvgIpc) is 2.29. The van der Waals surface area contributed by atoms with E-state index in [-0.39, 0.29) is 6.10 Å². The number of nitrogens with one attached hydrogen (secondary N) is 1. The van der Waals surface area contributed by atoms with Crippen LogP contribution in [0.1, 0.15) is 17.6 Å². The summed E-state index contributed by atoms with van der Waals surface area (Å²) in [6.45, 7) is 3.74. The van der Waals surface area contributed by atoms with Crippen LogP contribution in [0, 0.1) is 6.92 Å². The molecule has 0 saturated carbocycles. The summed E-state index contributed by atoms with van der Waals surface area (Å²) < 4.78 is 10.9. The van der Waals surface area contributed by atoms with Gasteiger partial charge in [0.1, 0.15) is 11.9 Å². The Morgan fingerprint density at radius 3 is 2.93 bits per heavy atom. The van der Waals surface area contributed by atoms with Gasteiger partial charge in [0.25, 0.3) is 0 Å². The lowest BCUT2D eigenvalue weighted by Crippen LogP contribution is -2.24. The summed E-state index contributed by atoms with van der Waals surface area (Å²) in [6, 6.07) is 1.90. The molecule has 1 saturated heterocycles. The summed E-state index contributed by atoms with van der Waals surface area (Å²) in [7, 11) is 1.84. The van der Waals surface area contributed by atoms with E-state index in [0.717, 1.165) is 11.5 Å². The first-order valence-corrected chi connectivity index (χ1v) is 5.02. The zero-order valence-corrected chi connectivity index (χ0v) is 8.99. The molecule has 1 fully saturated rings. The Morgan fingerprint density at radius 1 is 1.40 bits per heavy atom. The van der Waals surface area contributed by atoms with E-state index in [0.29, 0.717) is 25.6 Å². The number of aromatic nitrogens is 2. The second-order valence-electron chi connectivity index (χ2n) is 3.44. The summed E-state index contributed by atoms with van der Waals surface area (Å²) in [5, 5.41) is 3.00. The van der Waals surface area contributed by atoms with E-state index in [9.17, 15) is 0 Å². The topological polar surface area (TPSA) is 56.3 Å². The molecule has 0 amide bonds. The van der Waals surface area contributed by atoms with E-state index in [1.807, 2.05) is 20.0 Å². The molecule has 0 aromatic carbocycles. The fourth-order valence-corrected chi connectivity index (χ4v) is 1.50. The van der Waals surface area contributed by atoms with Gasteiger partial charge in [-0.25, -0.2) is 9.97 Å². The number of aryl methyl sites for hydroxylation is 1. The van der Waals surface area contributed by atoms with Crippen molar-refractivity contribution in [2.24, 2.45) is 0 Å². The maximum atomic E-state index is 5.54. The Bertz CT molecular complexity index is 337. The Morgan fingerprint density at radius 2 is 2.27 bits per heavy atom. The summed E-state index contributed by atoms with van der Waals surface area (Å²) in [5.74, 6) is 1.51. The van der Waals surface area contributed by atoms with Crippen LogP contribution in [0.4, 0.5) is 5.82 Å². The second kappa shape index (κ2) is 4.55. The number of hydrogen-bond donors (Lipinski definition) is 1. The van der Waals surface area contributed by atoms with E-state index in [2.05, 4.69) is 15.3 Å². The standard InChI is InChI=1S/C10H15N3O2/c1-7-5-9(11-2)13-10(12-7)8-6-14-3-4-15-8/h5,8H,3-4,6H2,1-2H3,(H,11,12,13). The highest BCUT2D eigenvalue weighted by atomic mass is 16.6. The van der Waals surface area contributed by atoms with Crippen molar-refractivity contribution < 1.29 is 9.47 Å². The summed E-state index contributed by atoms with van der Waals surface area (Å²) in [5.41, 5.74) is 0.929. The minimum Gasteiger partial charge on any atom is -0.376 e. The normalized spacial score (nSPS) is 21.3. The van der Waals surface area contributed by atoms with Crippen molar-refractivity contribution in [2.75, 3.05) is 32.2 Å². The van der Waals surface area contributed by atoms with E-state index in [1.165, 1.54) is 0 Å². The van der Waals surface area contributed by atoms with Crippen LogP contribution in [0.25, 0.3) is 0 Å². The van der Waals surface area contributed by atoms with Crippen LogP contribution < -0.4 is 5.32 Å². The molecule has 1 aromatic rings. The fourth-order valence-electron chi connectivity index (χ4n) is 1.50. The first-order chi connectivity index (χ1) is 7.29. The predicted molar refractivity (Wildman–Crippen MR) is 55.8 cm³/mol. The van der Waals surface area contributed by atoms with Crippen molar-refractivity contribution in [1.82, 2.24) is 9.97 Å². The largest absolute Gasteiger partial charge is 0.376 e. The lowest BCUT2D eigenvalue weighted by molar-refractivity contribution is -0.0935. The number of hydrogen-bond acceptors (Lipinski definition) is 5.